The maximum absolute atomic E-state index is 13.0. The molecule has 3 aromatic heterocycles. The van der Waals surface area contributed by atoms with E-state index in [0.717, 1.165) is 9.47 Å². The largest absolute Gasteiger partial charge is 0.287 e. The van der Waals surface area contributed by atoms with Gasteiger partial charge < -0.3 is 0 Å². The second-order valence-corrected chi connectivity index (χ2v) is 6.82. The van der Waals surface area contributed by atoms with E-state index in [9.17, 15) is 8.42 Å². The maximum atomic E-state index is 13.0. The van der Waals surface area contributed by atoms with E-state index in [2.05, 4.69) is 20.1 Å². The van der Waals surface area contributed by atoms with Gasteiger partial charge in [-0.05, 0) is 23.7 Å². The predicted octanol–water partition coefficient (Wildman–Crippen LogP) is 2.26. The van der Waals surface area contributed by atoms with Crippen LogP contribution >= 0.6 is 11.6 Å². The quantitative estimate of drug-likeness (QED) is 0.517. The van der Waals surface area contributed by atoms with Crippen LogP contribution in [0.3, 0.4) is 0 Å². The molecule has 114 valence electrons. The van der Waals surface area contributed by atoms with Crippen molar-refractivity contribution in [1.82, 2.24) is 24.1 Å². The number of halogens is 1. The summed E-state index contributed by atoms with van der Waals surface area (Å²) in [4.78, 5) is 12.0. The SMILES string of the molecule is O=S(=O)(c1cccc2cccnc12)n1ncc2cnc(Cl)nc21. The number of para-hydroxylation sites is 1. The normalized spacial score (nSPS) is 12.0. The van der Waals surface area contributed by atoms with E-state index in [1.54, 1.807) is 30.5 Å². The Morgan fingerprint density at radius 1 is 1.00 bits per heavy atom. The summed E-state index contributed by atoms with van der Waals surface area (Å²) < 4.78 is 26.8. The fourth-order valence-corrected chi connectivity index (χ4v) is 3.85. The van der Waals surface area contributed by atoms with Crippen LogP contribution in [0.2, 0.25) is 5.28 Å². The standard InChI is InChI=1S/C14H8ClN5O2S/c15-14-17-7-10-8-18-20(13(10)19-14)23(21,22)11-5-1-3-9-4-2-6-16-12(9)11/h1-8H. The van der Waals surface area contributed by atoms with E-state index in [1.807, 2.05) is 0 Å². The van der Waals surface area contributed by atoms with Crippen LogP contribution in [0.5, 0.6) is 0 Å². The van der Waals surface area contributed by atoms with Gasteiger partial charge in [-0.3, -0.25) is 4.98 Å². The molecular weight excluding hydrogens is 338 g/mol. The first-order valence-corrected chi connectivity index (χ1v) is 8.35. The zero-order valence-electron chi connectivity index (χ0n) is 11.5. The number of aromatic nitrogens is 5. The fourth-order valence-electron chi connectivity index (χ4n) is 2.33. The number of hydrogen-bond donors (Lipinski definition) is 0. The molecule has 7 nitrogen and oxygen atoms in total. The van der Waals surface area contributed by atoms with Crippen LogP contribution in [0.25, 0.3) is 21.9 Å². The minimum atomic E-state index is -3.97. The van der Waals surface area contributed by atoms with Crippen molar-refractivity contribution in [2.24, 2.45) is 0 Å². The van der Waals surface area contributed by atoms with Gasteiger partial charge in [-0.2, -0.15) is 18.5 Å². The Bertz CT molecular complexity index is 1150. The van der Waals surface area contributed by atoms with Crippen molar-refractivity contribution >= 4 is 43.6 Å². The predicted molar refractivity (Wildman–Crippen MR) is 84.7 cm³/mol. The molecule has 23 heavy (non-hydrogen) atoms. The lowest BCUT2D eigenvalue weighted by atomic mass is 10.2. The Hall–Kier alpha value is -2.58. The summed E-state index contributed by atoms with van der Waals surface area (Å²) in [6, 6.07) is 8.48. The summed E-state index contributed by atoms with van der Waals surface area (Å²) in [6.45, 7) is 0. The minimum absolute atomic E-state index is 0.0505. The van der Waals surface area contributed by atoms with Gasteiger partial charge in [0.15, 0.2) is 5.65 Å². The highest BCUT2D eigenvalue weighted by Gasteiger charge is 2.24. The van der Waals surface area contributed by atoms with Gasteiger partial charge in [0.1, 0.15) is 4.90 Å². The van der Waals surface area contributed by atoms with E-state index in [1.165, 1.54) is 18.5 Å². The molecular formula is C14H8ClN5O2S. The number of benzene rings is 1. The van der Waals surface area contributed by atoms with Crippen LogP contribution in [0, 0.1) is 0 Å². The van der Waals surface area contributed by atoms with Crippen molar-refractivity contribution in [2.45, 2.75) is 4.90 Å². The number of pyridine rings is 1. The molecule has 0 aliphatic carbocycles. The van der Waals surface area contributed by atoms with Crippen molar-refractivity contribution in [3.05, 3.63) is 54.2 Å². The van der Waals surface area contributed by atoms with E-state index in [-0.39, 0.29) is 15.8 Å². The summed E-state index contributed by atoms with van der Waals surface area (Å²) >= 11 is 5.77. The third-order valence-electron chi connectivity index (χ3n) is 3.35. The molecule has 1 aromatic carbocycles. The number of hydrogen-bond acceptors (Lipinski definition) is 6. The highest BCUT2D eigenvalue weighted by molar-refractivity contribution is 7.90. The second kappa shape index (κ2) is 4.97. The smallest absolute Gasteiger partial charge is 0.255 e. The summed E-state index contributed by atoms with van der Waals surface area (Å²) in [5.74, 6) is 0. The lowest BCUT2D eigenvalue weighted by molar-refractivity contribution is 0.582. The van der Waals surface area contributed by atoms with Gasteiger partial charge in [0.25, 0.3) is 10.0 Å². The zero-order chi connectivity index (χ0) is 16.0. The molecule has 0 atom stereocenters. The minimum Gasteiger partial charge on any atom is -0.255 e. The number of nitrogens with zero attached hydrogens (tertiary/aromatic N) is 5. The van der Waals surface area contributed by atoms with Gasteiger partial charge in [-0.1, -0.05) is 18.2 Å². The van der Waals surface area contributed by atoms with E-state index in [4.69, 9.17) is 11.6 Å². The molecule has 4 rings (SSSR count). The van der Waals surface area contributed by atoms with Crippen LogP contribution in [0.4, 0.5) is 0 Å². The lowest BCUT2D eigenvalue weighted by Gasteiger charge is -2.07. The molecule has 0 aliphatic rings. The Kier molecular flexibility index (Phi) is 3.03. The van der Waals surface area contributed by atoms with Crippen LogP contribution in [-0.4, -0.2) is 32.6 Å². The number of fused-ring (bicyclic) bond motifs is 2. The Morgan fingerprint density at radius 3 is 2.70 bits per heavy atom. The highest BCUT2D eigenvalue weighted by atomic mass is 35.5. The third kappa shape index (κ3) is 2.14. The van der Waals surface area contributed by atoms with Crippen molar-refractivity contribution in [3.63, 3.8) is 0 Å². The summed E-state index contributed by atoms with van der Waals surface area (Å²) in [7, 11) is -3.97. The molecule has 0 aliphatic heterocycles. The van der Waals surface area contributed by atoms with Crippen LogP contribution < -0.4 is 0 Å². The maximum Gasteiger partial charge on any atom is 0.287 e. The molecule has 9 heteroatoms. The van der Waals surface area contributed by atoms with E-state index < -0.39 is 10.0 Å². The molecule has 0 spiro atoms. The Balaban J connectivity index is 2.04. The van der Waals surface area contributed by atoms with Gasteiger partial charge in [-0.25, -0.2) is 4.98 Å². The molecule has 0 fully saturated rings. The van der Waals surface area contributed by atoms with Gasteiger partial charge in [0.05, 0.1) is 17.1 Å². The zero-order valence-corrected chi connectivity index (χ0v) is 13.0. The average molecular weight is 346 g/mol. The summed E-state index contributed by atoms with van der Waals surface area (Å²) in [5.41, 5.74) is 0.497. The first-order chi connectivity index (χ1) is 11.1. The highest BCUT2D eigenvalue weighted by Crippen LogP contribution is 2.24. The van der Waals surface area contributed by atoms with Crippen LogP contribution in [0.15, 0.2) is 53.8 Å². The van der Waals surface area contributed by atoms with Crippen molar-refractivity contribution < 1.29 is 8.42 Å². The Morgan fingerprint density at radius 2 is 1.83 bits per heavy atom. The molecule has 0 saturated heterocycles. The van der Waals surface area contributed by atoms with E-state index in [0.29, 0.717) is 10.9 Å². The summed E-state index contributed by atoms with van der Waals surface area (Å²) in [6.07, 6.45) is 4.34. The molecule has 0 radical (unpaired) electrons. The van der Waals surface area contributed by atoms with Gasteiger partial charge in [-0.15, -0.1) is 4.09 Å². The Labute approximate surface area is 135 Å². The number of rotatable bonds is 2. The second-order valence-electron chi connectivity index (χ2n) is 4.74. The van der Waals surface area contributed by atoms with Gasteiger partial charge in [0, 0.05) is 17.8 Å². The van der Waals surface area contributed by atoms with Crippen molar-refractivity contribution in [1.29, 1.82) is 0 Å². The topological polar surface area (TPSA) is 90.6 Å². The first-order valence-electron chi connectivity index (χ1n) is 6.53. The van der Waals surface area contributed by atoms with Crippen molar-refractivity contribution in [2.75, 3.05) is 0 Å². The third-order valence-corrected chi connectivity index (χ3v) is 5.14. The molecule has 0 N–H and O–H groups in total. The summed E-state index contributed by atoms with van der Waals surface area (Å²) in [5, 5.41) is 5.08. The molecule has 3 heterocycles. The van der Waals surface area contributed by atoms with Crippen LogP contribution in [-0.2, 0) is 10.0 Å². The van der Waals surface area contributed by atoms with Gasteiger partial charge >= 0.3 is 0 Å². The monoisotopic (exact) mass is 345 g/mol. The average Bonchev–Trinajstić information content (AvgIpc) is 2.98. The molecule has 0 unspecified atom stereocenters. The first kappa shape index (κ1) is 14.0. The van der Waals surface area contributed by atoms with Gasteiger partial charge in [0.2, 0.25) is 5.28 Å². The molecule has 0 amide bonds. The molecule has 0 saturated carbocycles. The lowest BCUT2D eigenvalue weighted by Crippen LogP contribution is -2.15. The van der Waals surface area contributed by atoms with Crippen molar-refractivity contribution in [3.8, 4) is 0 Å². The molecule has 4 aromatic rings. The van der Waals surface area contributed by atoms with E-state index >= 15 is 0 Å². The van der Waals surface area contributed by atoms with Crippen LogP contribution in [0.1, 0.15) is 0 Å². The molecule has 0 bridgehead atoms. The fraction of sp³-hybridized carbons (Fsp3) is 0.